The van der Waals surface area contributed by atoms with E-state index >= 15 is 0 Å². The summed E-state index contributed by atoms with van der Waals surface area (Å²) in [5.74, 6) is -1.79. The number of carbonyl (C=O) groups is 1. The third-order valence-corrected chi connectivity index (χ3v) is 4.55. The van der Waals surface area contributed by atoms with Gasteiger partial charge in [-0.15, -0.1) is 0 Å². The number of ether oxygens (including phenoxy) is 1. The Morgan fingerprint density at radius 1 is 1.12 bits per heavy atom. The van der Waals surface area contributed by atoms with Crippen LogP contribution in [0.15, 0.2) is 66.2 Å². The number of carboxylic acid groups (broad SMARTS) is 1. The van der Waals surface area contributed by atoms with E-state index in [-0.39, 0.29) is 0 Å². The van der Waals surface area contributed by atoms with Crippen LogP contribution < -0.4 is 4.74 Å². The molecule has 9 heteroatoms. The molecule has 0 unspecified atom stereocenters. The van der Waals surface area contributed by atoms with Crippen LogP contribution in [0.3, 0.4) is 0 Å². The van der Waals surface area contributed by atoms with Crippen LogP contribution in [-0.2, 0) is 11.3 Å². The lowest BCUT2D eigenvalue weighted by Gasteiger charge is -2.22. The smallest absolute Gasteiger partial charge is 0.489 e. The van der Waals surface area contributed by atoms with Crippen molar-refractivity contribution in [2.24, 2.45) is 0 Å². The first kappa shape index (κ1) is 23.1. The van der Waals surface area contributed by atoms with Gasteiger partial charge in [-0.1, -0.05) is 48.5 Å². The van der Waals surface area contributed by atoms with Crippen LogP contribution in [0.25, 0.3) is 17.3 Å². The molecule has 0 aliphatic carbocycles. The monoisotopic (exact) mass is 445 g/mol. The second-order valence-corrected chi connectivity index (χ2v) is 7.25. The summed E-state index contributed by atoms with van der Waals surface area (Å²) in [5.41, 5.74) is 5.67. The lowest BCUT2D eigenvalue weighted by atomic mass is 10.1. The average Bonchev–Trinajstić information content (AvgIpc) is 3.22. The van der Waals surface area contributed by atoms with Gasteiger partial charge in [0, 0.05) is 29.9 Å². The predicted octanol–water partition coefficient (Wildman–Crippen LogP) is 4.62. The number of aromatic amines is 1. The Kier molecular flexibility index (Phi) is 7.32. The first-order valence-electron chi connectivity index (χ1n) is 9.72. The zero-order valence-electron chi connectivity index (χ0n) is 17.3. The molecule has 0 atom stereocenters. The minimum atomic E-state index is -5.08. The highest BCUT2D eigenvalue weighted by atomic mass is 19.4. The molecule has 2 aromatic carbocycles. The van der Waals surface area contributed by atoms with Gasteiger partial charge in [-0.2, -0.15) is 18.3 Å². The summed E-state index contributed by atoms with van der Waals surface area (Å²) >= 11 is 0. The first-order chi connectivity index (χ1) is 15.2. The molecule has 168 valence electrons. The number of H-pyrrole nitrogens is 1. The number of fused-ring (bicyclic) bond motifs is 1. The van der Waals surface area contributed by atoms with Gasteiger partial charge in [0.1, 0.15) is 12.4 Å². The molecule has 2 N–H and O–H groups in total. The van der Waals surface area contributed by atoms with E-state index < -0.39 is 12.1 Å². The van der Waals surface area contributed by atoms with Crippen LogP contribution in [0.1, 0.15) is 11.3 Å². The minimum absolute atomic E-state index is 0.652. The third kappa shape index (κ3) is 6.45. The van der Waals surface area contributed by atoms with Crippen molar-refractivity contribution in [2.45, 2.75) is 12.7 Å². The molecule has 1 aromatic heterocycles. The van der Waals surface area contributed by atoms with Crippen molar-refractivity contribution >= 4 is 12.0 Å². The Morgan fingerprint density at radius 3 is 2.47 bits per heavy atom. The van der Waals surface area contributed by atoms with Gasteiger partial charge in [-0.3, -0.25) is 10.00 Å². The number of likely N-dealkylation sites (N-methyl/N-ethyl adjacent to an activating group) is 1. The lowest BCUT2D eigenvalue weighted by molar-refractivity contribution is -0.192. The Morgan fingerprint density at radius 2 is 1.78 bits per heavy atom. The van der Waals surface area contributed by atoms with Crippen LogP contribution in [-0.4, -0.2) is 52.5 Å². The molecular formula is C23H22F3N3O3. The number of nitrogens with zero attached hydrogens (tertiary/aromatic N) is 2. The van der Waals surface area contributed by atoms with Gasteiger partial charge in [0.15, 0.2) is 0 Å². The van der Waals surface area contributed by atoms with Gasteiger partial charge in [0.05, 0.1) is 5.69 Å². The van der Waals surface area contributed by atoms with Gasteiger partial charge in [-0.25, -0.2) is 4.79 Å². The number of nitrogens with one attached hydrogen (secondary N) is 1. The van der Waals surface area contributed by atoms with Gasteiger partial charge in [0.25, 0.3) is 0 Å². The van der Waals surface area contributed by atoms with Gasteiger partial charge in [-0.05, 0) is 30.8 Å². The molecular weight excluding hydrogens is 423 g/mol. The number of carboxylic acids is 1. The maximum absolute atomic E-state index is 10.6. The lowest BCUT2D eigenvalue weighted by Crippen LogP contribution is -2.24. The number of alkyl halides is 3. The maximum atomic E-state index is 10.6. The number of hydrogen-bond donors (Lipinski definition) is 2. The molecule has 0 bridgehead atoms. The number of para-hydroxylation sites is 1. The largest absolute Gasteiger partial charge is 0.490 e. The third-order valence-electron chi connectivity index (χ3n) is 4.55. The predicted molar refractivity (Wildman–Crippen MR) is 114 cm³/mol. The van der Waals surface area contributed by atoms with Gasteiger partial charge < -0.3 is 9.84 Å². The summed E-state index contributed by atoms with van der Waals surface area (Å²) in [4.78, 5) is 11.2. The molecule has 4 rings (SSSR count). The molecule has 0 amide bonds. The van der Waals surface area contributed by atoms with Crippen molar-refractivity contribution in [3.63, 3.8) is 0 Å². The summed E-state index contributed by atoms with van der Waals surface area (Å²) in [5, 5.41) is 14.7. The summed E-state index contributed by atoms with van der Waals surface area (Å²) in [6.45, 7) is 2.34. The fourth-order valence-corrected chi connectivity index (χ4v) is 3.15. The molecule has 0 fully saturated rings. The SMILES string of the molecule is CN(CC1=Cc2ccccc2OC1)Cc1cc(-c2ccccc2)n[nH]1.O=C(O)C(F)(F)F. The minimum Gasteiger partial charge on any atom is -0.489 e. The van der Waals surface area contributed by atoms with E-state index in [1.807, 2.05) is 36.4 Å². The van der Waals surface area contributed by atoms with E-state index in [1.54, 1.807) is 0 Å². The summed E-state index contributed by atoms with van der Waals surface area (Å²) in [6.07, 6.45) is -2.85. The van der Waals surface area contributed by atoms with Crippen LogP contribution in [0.5, 0.6) is 5.75 Å². The molecule has 32 heavy (non-hydrogen) atoms. The highest BCUT2D eigenvalue weighted by Crippen LogP contribution is 2.26. The van der Waals surface area contributed by atoms with Crippen molar-refractivity contribution in [1.82, 2.24) is 15.1 Å². The highest BCUT2D eigenvalue weighted by Gasteiger charge is 2.38. The van der Waals surface area contributed by atoms with Gasteiger partial charge >= 0.3 is 12.1 Å². The molecule has 0 saturated heterocycles. The van der Waals surface area contributed by atoms with Crippen molar-refractivity contribution in [1.29, 1.82) is 0 Å². The standard InChI is InChI=1S/C21H21N3O.C2HF3O2/c1-24(13-16-11-18-9-5-6-10-21(18)25-15-16)14-19-12-20(23-22-19)17-7-3-2-4-8-17;3-2(4,5)1(6)7/h2-12H,13-15H2,1H3,(H,22,23);(H,6,7). The Balaban J connectivity index is 0.000000360. The number of benzene rings is 2. The van der Waals surface area contributed by atoms with Crippen molar-refractivity contribution in [3.8, 4) is 17.0 Å². The second kappa shape index (κ2) is 10.1. The topological polar surface area (TPSA) is 78.5 Å². The molecule has 0 spiro atoms. The van der Waals surface area contributed by atoms with E-state index in [9.17, 15) is 13.2 Å². The molecule has 1 aliphatic rings. The van der Waals surface area contributed by atoms with E-state index in [0.29, 0.717) is 6.61 Å². The maximum Gasteiger partial charge on any atom is 0.490 e. The van der Waals surface area contributed by atoms with Crippen LogP contribution >= 0.6 is 0 Å². The molecule has 6 nitrogen and oxygen atoms in total. The molecule has 2 heterocycles. The van der Waals surface area contributed by atoms with Crippen LogP contribution in [0, 0.1) is 0 Å². The Labute approximate surface area is 182 Å². The highest BCUT2D eigenvalue weighted by molar-refractivity contribution is 5.73. The second-order valence-electron chi connectivity index (χ2n) is 7.25. The van der Waals surface area contributed by atoms with E-state index in [2.05, 4.69) is 52.5 Å². The fourth-order valence-electron chi connectivity index (χ4n) is 3.15. The number of aromatic nitrogens is 2. The van der Waals surface area contributed by atoms with Crippen molar-refractivity contribution in [2.75, 3.05) is 20.2 Å². The fraction of sp³-hybridized carbons (Fsp3) is 0.217. The average molecular weight is 445 g/mol. The molecule has 0 saturated carbocycles. The van der Waals surface area contributed by atoms with Crippen molar-refractivity contribution in [3.05, 3.63) is 77.5 Å². The Hall–Kier alpha value is -3.59. The number of rotatable bonds is 5. The normalized spacial score (nSPS) is 12.8. The van der Waals surface area contributed by atoms with Gasteiger partial charge in [0.2, 0.25) is 0 Å². The quantitative estimate of drug-likeness (QED) is 0.599. The Bertz CT molecular complexity index is 1080. The van der Waals surface area contributed by atoms with Crippen LogP contribution in [0.4, 0.5) is 13.2 Å². The van der Waals surface area contributed by atoms with Crippen LogP contribution in [0.2, 0.25) is 0 Å². The zero-order valence-corrected chi connectivity index (χ0v) is 17.3. The molecule has 3 aromatic rings. The summed E-state index contributed by atoms with van der Waals surface area (Å²) in [7, 11) is 2.12. The van der Waals surface area contributed by atoms with E-state index in [1.165, 1.54) is 5.57 Å². The van der Waals surface area contributed by atoms with E-state index in [0.717, 1.165) is 41.4 Å². The summed E-state index contributed by atoms with van der Waals surface area (Å²) in [6, 6.07) is 20.5. The number of aliphatic carboxylic acids is 1. The first-order valence-corrected chi connectivity index (χ1v) is 9.72. The molecule has 1 aliphatic heterocycles. The zero-order chi connectivity index (χ0) is 23.1. The number of hydrogen-bond acceptors (Lipinski definition) is 4. The summed E-state index contributed by atoms with van der Waals surface area (Å²) < 4.78 is 37.6. The van der Waals surface area contributed by atoms with E-state index in [4.69, 9.17) is 14.6 Å². The van der Waals surface area contributed by atoms with Crippen molar-refractivity contribution < 1.29 is 27.8 Å². The number of halogens is 3. The molecule has 0 radical (unpaired) electrons.